The van der Waals surface area contributed by atoms with Crippen LogP contribution in [0.5, 0.6) is 0 Å². The molecule has 0 spiro atoms. The van der Waals surface area contributed by atoms with Crippen molar-refractivity contribution in [1.82, 2.24) is 5.32 Å². The molecule has 1 aliphatic heterocycles. The topological polar surface area (TPSA) is 30.5 Å². The first-order valence-corrected chi connectivity index (χ1v) is 5.54. The SMILES string of the molecule is COCCCNCC1(C)CCOCC1. The van der Waals surface area contributed by atoms with Crippen LogP contribution in [0.4, 0.5) is 0 Å². The van der Waals surface area contributed by atoms with Gasteiger partial charge in [0.05, 0.1) is 0 Å². The summed E-state index contributed by atoms with van der Waals surface area (Å²) in [6.07, 6.45) is 3.47. The summed E-state index contributed by atoms with van der Waals surface area (Å²) in [5.41, 5.74) is 0.450. The van der Waals surface area contributed by atoms with Gasteiger partial charge >= 0.3 is 0 Å². The minimum Gasteiger partial charge on any atom is -0.385 e. The van der Waals surface area contributed by atoms with Crippen LogP contribution in [0.15, 0.2) is 0 Å². The zero-order valence-corrected chi connectivity index (χ0v) is 9.47. The Morgan fingerprint density at radius 3 is 2.71 bits per heavy atom. The Morgan fingerprint density at radius 2 is 2.07 bits per heavy atom. The van der Waals surface area contributed by atoms with Crippen molar-refractivity contribution in [2.45, 2.75) is 26.2 Å². The molecule has 0 atom stereocenters. The highest BCUT2D eigenvalue weighted by molar-refractivity contribution is 4.79. The lowest BCUT2D eigenvalue weighted by molar-refractivity contribution is 0.0240. The van der Waals surface area contributed by atoms with E-state index < -0.39 is 0 Å². The molecule has 0 aliphatic carbocycles. The lowest BCUT2D eigenvalue weighted by Crippen LogP contribution is -2.37. The molecule has 0 aromatic carbocycles. The molecule has 14 heavy (non-hydrogen) atoms. The first-order valence-electron chi connectivity index (χ1n) is 5.54. The van der Waals surface area contributed by atoms with Gasteiger partial charge < -0.3 is 14.8 Å². The molecule has 1 saturated heterocycles. The molecule has 1 fully saturated rings. The molecule has 0 amide bonds. The van der Waals surface area contributed by atoms with E-state index in [9.17, 15) is 0 Å². The van der Waals surface area contributed by atoms with E-state index >= 15 is 0 Å². The summed E-state index contributed by atoms with van der Waals surface area (Å²) in [5.74, 6) is 0. The molecule has 0 saturated carbocycles. The van der Waals surface area contributed by atoms with Crippen molar-refractivity contribution in [3.63, 3.8) is 0 Å². The van der Waals surface area contributed by atoms with E-state index in [-0.39, 0.29) is 0 Å². The quantitative estimate of drug-likeness (QED) is 0.659. The highest BCUT2D eigenvalue weighted by Gasteiger charge is 2.26. The maximum Gasteiger partial charge on any atom is 0.0474 e. The molecule has 0 unspecified atom stereocenters. The van der Waals surface area contributed by atoms with Crippen molar-refractivity contribution in [2.75, 3.05) is 40.0 Å². The number of hydrogen-bond acceptors (Lipinski definition) is 3. The summed E-state index contributed by atoms with van der Waals surface area (Å²) < 4.78 is 10.4. The third-order valence-corrected chi connectivity index (χ3v) is 2.95. The van der Waals surface area contributed by atoms with Gasteiger partial charge in [0, 0.05) is 33.5 Å². The Labute approximate surface area is 87.2 Å². The molecule has 0 radical (unpaired) electrons. The number of methoxy groups -OCH3 is 1. The molecular weight excluding hydrogens is 178 g/mol. The standard InChI is InChI=1S/C11H23NO2/c1-11(4-8-14-9-5-11)10-12-6-3-7-13-2/h12H,3-10H2,1-2H3. The van der Waals surface area contributed by atoms with Crippen LogP contribution < -0.4 is 5.32 Å². The second kappa shape index (κ2) is 6.38. The Balaban J connectivity index is 2.03. The fraction of sp³-hybridized carbons (Fsp3) is 1.00. The predicted molar refractivity (Wildman–Crippen MR) is 57.5 cm³/mol. The van der Waals surface area contributed by atoms with Crippen LogP contribution in [0.25, 0.3) is 0 Å². The lowest BCUT2D eigenvalue weighted by atomic mass is 9.82. The highest BCUT2D eigenvalue weighted by atomic mass is 16.5. The fourth-order valence-corrected chi connectivity index (χ4v) is 1.77. The second-order valence-corrected chi connectivity index (χ2v) is 4.45. The van der Waals surface area contributed by atoms with Crippen molar-refractivity contribution < 1.29 is 9.47 Å². The second-order valence-electron chi connectivity index (χ2n) is 4.45. The van der Waals surface area contributed by atoms with E-state index in [2.05, 4.69) is 12.2 Å². The van der Waals surface area contributed by atoms with Crippen molar-refractivity contribution in [3.05, 3.63) is 0 Å². The van der Waals surface area contributed by atoms with Gasteiger partial charge in [0.25, 0.3) is 0 Å². The monoisotopic (exact) mass is 201 g/mol. The summed E-state index contributed by atoms with van der Waals surface area (Å²) in [7, 11) is 1.75. The first-order chi connectivity index (χ1) is 6.77. The van der Waals surface area contributed by atoms with Gasteiger partial charge in [0.1, 0.15) is 0 Å². The van der Waals surface area contributed by atoms with Crippen molar-refractivity contribution >= 4 is 0 Å². The van der Waals surface area contributed by atoms with Gasteiger partial charge in [-0.05, 0) is 31.2 Å². The molecular formula is C11H23NO2. The van der Waals surface area contributed by atoms with Gasteiger partial charge in [-0.2, -0.15) is 0 Å². The van der Waals surface area contributed by atoms with Gasteiger partial charge in [-0.3, -0.25) is 0 Å². The number of hydrogen-bond donors (Lipinski definition) is 1. The van der Waals surface area contributed by atoms with E-state index in [1.165, 1.54) is 12.8 Å². The van der Waals surface area contributed by atoms with Crippen molar-refractivity contribution in [3.8, 4) is 0 Å². The van der Waals surface area contributed by atoms with Crippen LogP contribution in [0.1, 0.15) is 26.2 Å². The Bertz CT molecular complexity index is 144. The van der Waals surface area contributed by atoms with E-state index in [0.717, 1.165) is 39.3 Å². The Hall–Kier alpha value is -0.120. The highest BCUT2D eigenvalue weighted by Crippen LogP contribution is 2.28. The average molecular weight is 201 g/mol. The number of ether oxygens (including phenoxy) is 2. The zero-order chi connectivity index (χ0) is 10.3. The van der Waals surface area contributed by atoms with E-state index in [1.54, 1.807) is 7.11 Å². The van der Waals surface area contributed by atoms with Gasteiger partial charge in [-0.15, -0.1) is 0 Å². The molecule has 1 rings (SSSR count). The number of nitrogens with one attached hydrogen (secondary N) is 1. The fourth-order valence-electron chi connectivity index (χ4n) is 1.77. The molecule has 1 heterocycles. The zero-order valence-electron chi connectivity index (χ0n) is 9.47. The van der Waals surface area contributed by atoms with E-state index in [0.29, 0.717) is 5.41 Å². The molecule has 3 heteroatoms. The minimum atomic E-state index is 0.450. The van der Waals surface area contributed by atoms with E-state index in [4.69, 9.17) is 9.47 Å². The van der Waals surface area contributed by atoms with Gasteiger partial charge in [0.2, 0.25) is 0 Å². The summed E-state index contributed by atoms with van der Waals surface area (Å²) in [5, 5.41) is 3.49. The van der Waals surface area contributed by atoms with Crippen LogP contribution in [-0.2, 0) is 9.47 Å². The smallest absolute Gasteiger partial charge is 0.0474 e. The van der Waals surface area contributed by atoms with Gasteiger partial charge in [-0.25, -0.2) is 0 Å². The van der Waals surface area contributed by atoms with Crippen LogP contribution in [0.3, 0.4) is 0 Å². The third kappa shape index (κ3) is 4.40. The van der Waals surface area contributed by atoms with Crippen LogP contribution >= 0.6 is 0 Å². The maximum atomic E-state index is 5.36. The molecule has 0 aromatic heterocycles. The third-order valence-electron chi connectivity index (χ3n) is 2.95. The van der Waals surface area contributed by atoms with Crippen LogP contribution in [0.2, 0.25) is 0 Å². The van der Waals surface area contributed by atoms with Gasteiger partial charge in [0.15, 0.2) is 0 Å². The molecule has 1 N–H and O–H groups in total. The number of rotatable bonds is 6. The Morgan fingerprint density at radius 1 is 1.36 bits per heavy atom. The average Bonchev–Trinajstić information content (AvgIpc) is 2.18. The largest absolute Gasteiger partial charge is 0.385 e. The van der Waals surface area contributed by atoms with Crippen LogP contribution in [0, 0.1) is 5.41 Å². The molecule has 0 bridgehead atoms. The predicted octanol–water partition coefficient (Wildman–Crippen LogP) is 1.43. The lowest BCUT2D eigenvalue weighted by Gasteiger charge is -2.33. The summed E-state index contributed by atoms with van der Waals surface area (Å²) in [4.78, 5) is 0. The van der Waals surface area contributed by atoms with Crippen molar-refractivity contribution in [2.24, 2.45) is 5.41 Å². The van der Waals surface area contributed by atoms with Crippen molar-refractivity contribution in [1.29, 1.82) is 0 Å². The first kappa shape index (κ1) is 12.0. The van der Waals surface area contributed by atoms with Crippen LogP contribution in [-0.4, -0.2) is 40.0 Å². The Kier molecular flexibility index (Phi) is 5.45. The molecule has 3 nitrogen and oxygen atoms in total. The van der Waals surface area contributed by atoms with Gasteiger partial charge in [-0.1, -0.05) is 6.92 Å². The van der Waals surface area contributed by atoms with E-state index in [1.807, 2.05) is 0 Å². The molecule has 0 aromatic rings. The summed E-state index contributed by atoms with van der Waals surface area (Å²) in [6, 6.07) is 0. The minimum absolute atomic E-state index is 0.450. The molecule has 1 aliphatic rings. The summed E-state index contributed by atoms with van der Waals surface area (Å²) in [6.45, 7) is 7.22. The summed E-state index contributed by atoms with van der Waals surface area (Å²) >= 11 is 0. The molecule has 84 valence electrons. The maximum absolute atomic E-state index is 5.36. The normalized spacial score (nSPS) is 21.0.